The lowest BCUT2D eigenvalue weighted by molar-refractivity contribution is 0.0950. The number of nitrogens with zero attached hydrogens (tertiary/aromatic N) is 4. The highest BCUT2D eigenvalue weighted by atomic mass is 16.1. The Balaban J connectivity index is 1.26. The first-order valence-corrected chi connectivity index (χ1v) is 10.7. The number of pyridine rings is 1. The number of likely N-dealkylation sites (tertiary alicyclic amines) is 1. The first-order chi connectivity index (χ1) is 14.7. The molecule has 0 radical (unpaired) electrons. The van der Waals surface area contributed by atoms with Gasteiger partial charge < -0.3 is 10.2 Å². The van der Waals surface area contributed by atoms with E-state index in [1.54, 1.807) is 6.20 Å². The largest absolute Gasteiger partial charge is 0.346 e. The van der Waals surface area contributed by atoms with E-state index in [-0.39, 0.29) is 5.91 Å². The van der Waals surface area contributed by atoms with Gasteiger partial charge in [-0.15, -0.1) is 0 Å². The summed E-state index contributed by atoms with van der Waals surface area (Å²) in [6, 6.07) is 15.8. The summed E-state index contributed by atoms with van der Waals surface area (Å²) in [5.74, 6) is 0.584. The van der Waals surface area contributed by atoms with Gasteiger partial charge in [-0.2, -0.15) is 5.10 Å². The summed E-state index contributed by atoms with van der Waals surface area (Å²) < 4.78 is 2.02. The second-order valence-corrected chi connectivity index (χ2v) is 8.08. The van der Waals surface area contributed by atoms with Crippen LogP contribution in [0.5, 0.6) is 0 Å². The quantitative estimate of drug-likeness (QED) is 0.628. The van der Waals surface area contributed by atoms with Crippen molar-refractivity contribution in [3.05, 3.63) is 83.4 Å². The van der Waals surface area contributed by atoms with Gasteiger partial charge in [0.2, 0.25) is 0 Å². The zero-order valence-electron chi connectivity index (χ0n) is 17.5. The van der Waals surface area contributed by atoms with Crippen LogP contribution in [0.1, 0.15) is 33.7 Å². The number of aromatic nitrogens is 3. The van der Waals surface area contributed by atoms with Crippen molar-refractivity contribution in [2.45, 2.75) is 32.9 Å². The number of carbonyl (C=O) groups is 1. The summed E-state index contributed by atoms with van der Waals surface area (Å²) in [4.78, 5) is 19.3. The molecule has 1 aliphatic rings. The molecular weight excluding hydrogens is 374 g/mol. The number of nitrogens with one attached hydrogen (secondary N) is 1. The third-order valence-electron chi connectivity index (χ3n) is 5.66. The van der Waals surface area contributed by atoms with Crippen molar-refractivity contribution < 1.29 is 4.79 Å². The Kier molecular flexibility index (Phi) is 6.54. The molecule has 4 rings (SSSR count). The third-order valence-corrected chi connectivity index (χ3v) is 5.66. The number of rotatable bonds is 8. The van der Waals surface area contributed by atoms with Gasteiger partial charge in [-0.3, -0.25) is 14.5 Å². The Morgan fingerprint density at radius 2 is 2.10 bits per heavy atom. The number of benzene rings is 1. The van der Waals surface area contributed by atoms with E-state index in [9.17, 15) is 4.79 Å². The number of hydrogen-bond donors (Lipinski definition) is 1. The highest BCUT2D eigenvalue weighted by molar-refractivity contribution is 5.94. The van der Waals surface area contributed by atoms with E-state index in [1.165, 1.54) is 12.0 Å². The van der Waals surface area contributed by atoms with Crippen molar-refractivity contribution in [1.29, 1.82) is 0 Å². The molecule has 156 valence electrons. The molecule has 1 N–H and O–H groups in total. The van der Waals surface area contributed by atoms with Gasteiger partial charge in [-0.25, -0.2) is 0 Å². The van der Waals surface area contributed by atoms with Gasteiger partial charge in [0.15, 0.2) is 0 Å². The monoisotopic (exact) mass is 403 g/mol. The molecule has 1 amide bonds. The first kappa shape index (κ1) is 20.3. The summed E-state index contributed by atoms with van der Waals surface area (Å²) >= 11 is 0. The van der Waals surface area contributed by atoms with Crippen molar-refractivity contribution in [1.82, 2.24) is 25.0 Å². The van der Waals surface area contributed by atoms with Gasteiger partial charge in [0.05, 0.1) is 24.5 Å². The lowest BCUT2D eigenvalue weighted by Crippen LogP contribution is -2.26. The Morgan fingerprint density at radius 3 is 2.90 bits per heavy atom. The van der Waals surface area contributed by atoms with Gasteiger partial charge in [0.25, 0.3) is 5.91 Å². The van der Waals surface area contributed by atoms with Crippen LogP contribution in [0.4, 0.5) is 0 Å². The molecule has 1 atom stereocenters. The van der Waals surface area contributed by atoms with Gasteiger partial charge in [-0.05, 0) is 68.1 Å². The maximum Gasteiger partial charge on any atom is 0.251 e. The summed E-state index contributed by atoms with van der Waals surface area (Å²) in [6.07, 6.45) is 6.00. The van der Waals surface area contributed by atoms with Crippen molar-refractivity contribution in [2.24, 2.45) is 5.92 Å². The Morgan fingerprint density at radius 1 is 1.17 bits per heavy atom. The fourth-order valence-electron chi connectivity index (χ4n) is 4.06. The van der Waals surface area contributed by atoms with Gasteiger partial charge in [0, 0.05) is 31.0 Å². The highest BCUT2D eigenvalue weighted by Gasteiger charge is 2.22. The van der Waals surface area contributed by atoms with Crippen molar-refractivity contribution >= 4 is 5.91 Å². The number of carbonyl (C=O) groups excluding carboxylic acids is 1. The molecule has 1 aromatic carbocycles. The summed E-state index contributed by atoms with van der Waals surface area (Å²) in [6.45, 7) is 6.68. The Labute approximate surface area is 177 Å². The fourth-order valence-corrected chi connectivity index (χ4v) is 4.06. The van der Waals surface area contributed by atoms with E-state index in [0.29, 0.717) is 18.0 Å². The molecule has 30 heavy (non-hydrogen) atoms. The van der Waals surface area contributed by atoms with Crippen LogP contribution < -0.4 is 5.32 Å². The lowest BCUT2D eigenvalue weighted by atomic mass is 9.97. The van der Waals surface area contributed by atoms with E-state index >= 15 is 0 Å². The number of aryl methyl sites for hydroxylation is 1. The minimum absolute atomic E-state index is 0.0509. The van der Waals surface area contributed by atoms with Gasteiger partial charge in [0.1, 0.15) is 0 Å². The van der Waals surface area contributed by atoms with Crippen molar-refractivity contribution in [2.75, 3.05) is 19.6 Å². The fraction of sp³-hybridized carbons (Fsp3) is 0.375. The van der Waals surface area contributed by atoms with Crippen LogP contribution in [-0.4, -0.2) is 45.2 Å². The van der Waals surface area contributed by atoms with Gasteiger partial charge in [-0.1, -0.05) is 18.2 Å². The molecule has 3 heterocycles. The molecule has 1 aliphatic heterocycles. The molecule has 1 saturated heterocycles. The molecular formula is C24H29N5O. The summed E-state index contributed by atoms with van der Waals surface area (Å²) in [7, 11) is 0. The van der Waals surface area contributed by atoms with Gasteiger partial charge >= 0.3 is 0 Å². The van der Waals surface area contributed by atoms with Crippen LogP contribution in [0.15, 0.2) is 60.9 Å². The number of amides is 1. The second-order valence-electron chi connectivity index (χ2n) is 8.08. The third kappa shape index (κ3) is 5.54. The smallest absolute Gasteiger partial charge is 0.251 e. The van der Waals surface area contributed by atoms with E-state index in [4.69, 9.17) is 0 Å². The molecule has 0 spiro atoms. The zero-order chi connectivity index (χ0) is 20.8. The van der Waals surface area contributed by atoms with Crippen LogP contribution >= 0.6 is 0 Å². The Hall–Kier alpha value is -2.99. The van der Waals surface area contributed by atoms with E-state index in [1.807, 2.05) is 60.3 Å². The average molecular weight is 404 g/mol. The summed E-state index contributed by atoms with van der Waals surface area (Å²) in [5, 5.41) is 7.43. The second kappa shape index (κ2) is 9.67. The minimum Gasteiger partial charge on any atom is -0.346 e. The summed E-state index contributed by atoms with van der Waals surface area (Å²) in [5.41, 5.74) is 3.87. The number of hydrogen-bond acceptors (Lipinski definition) is 4. The zero-order valence-corrected chi connectivity index (χ0v) is 17.5. The SMILES string of the molecule is Cc1ccn(CCN2CCC(Cc3cccc(C(=O)NCc4ccccn4)c3)C2)n1. The Bertz CT molecular complexity index is 968. The molecule has 0 aliphatic carbocycles. The maximum absolute atomic E-state index is 12.5. The van der Waals surface area contributed by atoms with Crippen LogP contribution in [0.2, 0.25) is 0 Å². The highest BCUT2D eigenvalue weighted by Crippen LogP contribution is 2.21. The first-order valence-electron chi connectivity index (χ1n) is 10.7. The maximum atomic E-state index is 12.5. The topological polar surface area (TPSA) is 63.1 Å². The lowest BCUT2D eigenvalue weighted by Gasteiger charge is -2.16. The average Bonchev–Trinajstić information content (AvgIpc) is 3.40. The molecule has 6 heteroatoms. The molecule has 2 aromatic heterocycles. The van der Waals surface area contributed by atoms with Crippen LogP contribution in [-0.2, 0) is 19.5 Å². The molecule has 0 bridgehead atoms. The van der Waals surface area contributed by atoms with Crippen LogP contribution in [0.25, 0.3) is 0 Å². The van der Waals surface area contributed by atoms with Crippen LogP contribution in [0, 0.1) is 12.8 Å². The molecule has 3 aromatic rings. The van der Waals surface area contributed by atoms with Crippen molar-refractivity contribution in [3.63, 3.8) is 0 Å². The van der Waals surface area contributed by atoms with E-state index in [0.717, 1.165) is 44.0 Å². The minimum atomic E-state index is -0.0509. The van der Waals surface area contributed by atoms with Crippen molar-refractivity contribution in [3.8, 4) is 0 Å². The molecule has 0 saturated carbocycles. The molecule has 6 nitrogen and oxygen atoms in total. The normalized spacial score (nSPS) is 16.6. The van der Waals surface area contributed by atoms with Crippen LogP contribution in [0.3, 0.4) is 0 Å². The van der Waals surface area contributed by atoms with E-state index in [2.05, 4.69) is 26.4 Å². The predicted molar refractivity (Wildman–Crippen MR) is 117 cm³/mol. The molecule has 1 unspecified atom stereocenters. The standard InChI is InChI=1S/C24H29N5O/c1-19-8-12-29(27-19)14-13-28-11-9-21(18-28)15-20-5-4-6-22(16-20)24(30)26-17-23-7-2-3-10-25-23/h2-8,10,12,16,21H,9,11,13-15,17-18H2,1H3,(H,26,30). The molecule has 1 fully saturated rings. The van der Waals surface area contributed by atoms with E-state index < -0.39 is 0 Å². The predicted octanol–water partition coefficient (Wildman–Crippen LogP) is 3.08.